The zero-order valence-corrected chi connectivity index (χ0v) is 19.1. The van der Waals surface area contributed by atoms with Gasteiger partial charge in [-0.25, -0.2) is 0 Å². The van der Waals surface area contributed by atoms with Gasteiger partial charge in [0, 0.05) is 23.6 Å². The summed E-state index contributed by atoms with van der Waals surface area (Å²) in [5.74, 6) is 0. The van der Waals surface area contributed by atoms with Gasteiger partial charge in [-0.1, -0.05) is 32.9 Å². The number of aromatic nitrogens is 2. The second-order valence-corrected chi connectivity index (χ2v) is 7.32. The van der Waals surface area contributed by atoms with Crippen LogP contribution in [0.5, 0.6) is 0 Å². The molecule has 0 aliphatic rings. The predicted octanol–water partition coefficient (Wildman–Crippen LogP) is 5.70. The van der Waals surface area contributed by atoms with Crippen LogP contribution in [0.2, 0.25) is 0 Å². The number of rotatable bonds is 7. The van der Waals surface area contributed by atoms with Crippen LogP contribution in [-0.2, 0) is 38.7 Å². The van der Waals surface area contributed by atoms with Crippen molar-refractivity contribution in [1.29, 1.82) is 0 Å². The Hall–Kier alpha value is -0.654. The molecule has 2 aromatic rings. The Morgan fingerprint density at radius 3 is 1.63 bits per heavy atom. The van der Waals surface area contributed by atoms with Crippen molar-refractivity contribution in [3.05, 3.63) is 73.0 Å². The van der Waals surface area contributed by atoms with Crippen LogP contribution < -0.4 is 0 Å². The van der Waals surface area contributed by atoms with E-state index in [9.17, 15) is 0 Å². The van der Waals surface area contributed by atoms with Crippen LogP contribution in [0.3, 0.4) is 0 Å². The van der Waals surface area contributed by atoms with Gasteiger partial charge in [0.25, 0.3) is 0 Å². The van der Waals surface area contributed by atoms with Crippen LogP contribution >= 0.6 is 20.3 Å². The molecule has 2 aromatic heterocycles. The third kappa shape index (κ3) is 12.4. The molecule has 0 fully saturated rings. The van der Waals surface area contributed by atoms with Gasteiger partial charge >= 0.3 is 33.2 Å². The third-order valence-electron chi connectivity index (χ3n) is 3.88. The zero-order chi connectivity index (χ0) is 20.5. The van der Waals surface area contributed by atoms with Crippen molar-refractivity contribution in [2.45, 2.75) is 46.6 Å². The number of nitrogens with zero attached hydrogens (tertiary/aromatic N) is 3. The topological polar surface area (TPSA) is 29.0 Å². The Kier molecular flexibility index (Phi) is 17.0. The Labute approximate surface area is 180 Å². The van der Waals surface area contributed by atoms with Gasteiger partial charge in [-0.05, 0) is 43.8 Å². The second kappa shape index (κ2) is 17.4. The first-order chi connectivity index (χ1) is 13.1. The standard InChI is InChI=1S/C12H20N2.C9H11N.2ClH.Co/c1-4-11-8-7-9-12(13-11)10-14(5-2)6-3;1-3-8-6-5-7-9(4-2)10-8;;;/h7-9H,4-6,10H2,1-3H3;5-7H,1-4H2;2*1H;/q;-2;;;+2/p-2. The molecule has 27 heavy (non-hydrogen) atoms. The fraction of sp³-hybridized carbons (Fsp3) is 0.429. The van der Waals surface area contributed by atoms with Gasteiger partial charge in [0.2, 0.25) is 0 Å². The normalized spacial score (nSPS) is 10.1. The van der Waals surface area contributed by atoms with Crippen molar-refractivity contribution in [1.82, 2.24) is 14.9 Å². The Bertz CT molecular complexity index is 588. The number of pyridine rings is 2. The van der Waals surface area contributed by atoms with Crippen molar-refractivity contribution < 1.29 is 12.9 Å². The van der Waals surface area contributed by atoms with Gasteiger partial charge in [-0.15, -0.1) is 12.8 Å². The number of hydrogen-bond acceptors (Lipinski definition) is 3. The molecule has 0 spiro atoms. The molecule has 0 saturated carbocycles. The van der Waals surface area contributed by atoms with E-state index in [0.29, 0.717) is 12.9 Å². The van der Waals surface area contributed by atoms with Gasteiger partial charge in [0.1, 0.15) is 0 Å². The molecule has 2 rings (SSSR count). The Morgan fingerprint density at radius 2 is 1.22 bits per heavy atom. The van der Waals surface area contributed by atoms with Crippen molar-refractivity contribution in [2.24, 2.45) is 0 Å². The molecule has 3 nitrogen and oxygen atoms in total. The molecule has 0 aliphatic carbocycles. The molecule has 0 N–H and O–H groups in total. The average Bonchev–Trinajstić information content (AvgIpc) is 2.73. The second-order valence-electron chi connectivity index (χ2n) is 5.60. The maximum atomic E-state index is 4.73. The minimum absolute atomic E-state index is 0.382. The maximum absolute atomic E-state index is 4.73. The van der Waals surface area contributed by atoms with E-state index in [1.54, 1.807) is 0 Å². The van der Waals surface area contributed by atoms with E-state index >= 15 is 0 Å². The van der Waals surface area contributed by atoms with Gasteiger partial charge in [0.05, 0.1) is 5.69 Å². The molecule has 0 aliphatic heterocycles. The van der Waals surface area contributed by atoms with Crippen LogP contribution in [0, 0.1) is 13.8 Å². The van der Waals surface area contributed by atoms with Gasteiger partial charge in [-0.2, -0.15) is 0 Å². The van der Waals surface area contributed by atoms with E-state index in [2.05, 4.69) is 67.7 Å². The summed E-state index contributed by atoms with van der Waals surface area (Å²) < 4.78 is 0. The summed E-state index contributed by atoms with van der Waals surface area (Å²) in [7, 11) is 9.47. The van der Waals surface area contributed by atoms with E-state index < -0.39 is 0 Å². The fourth-order valence-corrected chi connectivity index (χ4v) is 2.30. The summed E-state index contributed by atoms with van der Waals surface area (Å²) >= 11 is 0.382. The molecule has 0 aromatic carbocycles. The van der Waals surface area contributed by atoms with Crippen molar-refractivity contribution in [2.75, 3.05) is 13.1 Å². The minimum atomic E-state index is 0.382. The molecule has 2 heterocycles. The molecule has 0 unspecified atom stereocenters. The van der Waals surface area contributed by atoms with E-state index in [1.165, 1.54) is 11.4 Å². The van der Waals surface area contributed by atoms with Gasteiger partial charge in [0.15, 0.2) is 0 Å². The fourth-order valence-electron chi connectivity index (χ4n) is 2.30. The first-order valence-electron chi connectivity index (χ1n) is 9.12. The Balaban J connectivity index is 0.000000455. The van der Waals surface area contributed by atoms with Crippen LogP contribution in [0.1, 0.15) is 43.5 Å². The first-order valence-corrected chi connectivity index (χ1v) is 12.0. The summed E-state index contributed by atoms with van der Waals surface area (Å²) in [5, 5.41) is 0. The third-order valence-corrected chi connectivity index (χ3v) is 3.88. The van der Waals surface area contributed by atoms with Crippen LogP contribution in [-0.4, -0.2) is 28.0 Å². The SMILES string of the molecule is CCc1cccc(CN(CC)CC)n1.[CH2-]Cc1cccc(C[CH2-])n1.[Cl][Co][Cl]. The number of hydrogen-bond donors (Lipinski definition) is 0. The molecule has 0 atom stereocenters. The molecule has 0 radical (unpaired) electrons. The quantitative estimate of drug-likeness (QED) is 0.502. The summed E-state index contributed by atoms with van der Waals surface area (Å²) in [4.78, 5) is 11.2. The van der Waals surface area contributed by atoms with E-state index in [1.807, 2.05) is 18.2 Å². The molecule has 6 heteroatoms. The predicted molar refractivity (Wildman–Crippen MR) is 114 cm³/mol. The molecular weight excluding hydrogens is 424 g/mol. The molecule has 0 amide bonds. The summed E-state index contributed by atoms with van der Waals surface area (Å²) in [6.07, 6.45) is 2.54. The Morgan fingerprint density at radius 1 is 0.815 bits per heavy atom. The van der Waals surface area contributed by atoms with Crippen molar-refractivity contribution in [3.8, 4) is 0 Å². The number of halogens is 2. The average molecular weight is 455 g/mol. The molecule has 0 saturated heterocycles. The molecular formula is C21H31Cl2CoN3-2. The zero-order valence-electron chi connectivity index (χ0n) is 16.6. The summed E-state index contributed by atoms with van der Waals surface area (Å²) in [6, 6.07) is 12.3. The first kappa shape index (κ1) is 26.3. The summed E-state index contributed by atoms with van der Waals surface area (Å²) in [5.41, 5.74) is 4.46. The summed E-state index contributed by atoms with van der Waals surface area (Å²) in [6.45, 7) is 17.2. The monoisotopic (exact) mass is 454 g/mol. The molecule has 155 valence electrons. The van der Waals surface area contributed by atoms with Crippen LogP contribution in [0.25, 0.3) is 0 Å². The van der Waals surface area contributed by atoms with E-state index in [0.717, 1.165) is 50.3 Å². The van der Waals surface area contributed by atoms with Crippen molar-refractivity contribution in [3.63, 3.8) is 0 Å². The van der Waals surface area contributed by atoms with Crippen molar-refractivity contribution >= 4 is 20.3 Å². The van der Waals surface area contributed by atoms with E-state index in [4.69, 9.17) is 20.3 Å². The van der Waals surface area contributed by atoms with E-state index in [-0.39, 0.29) is 0 Å². The van der Waals surface area contributed by atoms with Crippen LogP contribution in [0.4, 0.5) is 0 Å². The number of aryl methyl sites for hydroxylation is 1. The van der Waals surface area contributed by atoms with Gasteiger partial charge in [-0.3, -0.25) is 14.9 Å². The van der Waals surface area contributed by atoms with Gasteiger partial charge < -0.3 is 13.8 Å². The molecule has 0 bridgehead atoms. The van der Waals surface area contributed by atoms with Crippen LogP contribution in [0.15, 0.2) is 36.4 Å².